The highest BCUT2D eigenvalue weighted by Gasteiger charge is 2.09. The summed E-state index contributed by atoms with van der Waals surface area (Å²) < 4.78 is 12.8. The minimum atomic E-state index is -0.399. The fraction of sp³-hybridized carbons (Fsp3) is 0.250. The number of hydrogen-bond acceptors (Lipinski definition) is 4. The second-order valence-corrected chi connectivity index (χ2v) is 4.96. The molecule has 2 N–H and O–H groups in total. The summed E-state index contributed by atoms with van der Waals surface area (Å²) in [6.45, 7) is 4.01. The zero-order valence-electron chi connectivity index (χ0n) is 12.9. The van der Waals surface area contributed by atoms with Gasteiger partial charge in [0.25, 0.3) is 11.8 Å². The molecule has 0 unspecified atom stereocenters. The molecule has 1 aromatic carbocycles. The van der Waals surface area contributed by atoms with Crippen LogP contribution in [0.1, 0.15) is 32.4 Å². The maximum Gasteiger partial charge on any atom is 0.270 e. The van der Waals surface area contributed by atoms with Crippen LogP contribution < -0.4 is 10.6 Å². The van der Waals surface area contributed by atoms with Gasteiger partial charge < -0.3 is 10.6 Å². The van der Waals surface area contributed by atoms with Crippen LogP contribution in [0.3, 0.4) is 0 Å². The fourth-order valence-electron chi connectivity index (χ4n) is 1.98. The van der Waals surface area contributed by atoms with Gasteiger partial charge in [0, 0.05) is 24.3 Å². The van der Waals surface area contributed by atoms with E-state index < -0.39 is 5.82 Å². The SMILES string of the molecule is Cc1cc(C(=O)NCCNC(=O)c2ccc(F)cc2)nc(C)n1. The Kier molecular flexibility index (Phi) is 5.35. The molecule has 2 amide bonds. The molecule has 0 radical (unpaired) electrons. The zero-order valence-corrected chi connectivity index (χ0v) is 12.9. The molecule has 2 aromatic rings. The lowest BCUT2D eigenvalue weighted by Crippen LogP contribution is -2.35. The Hall–Kier alpha value is -2.83. The molecule has 1 aromatic heterocycles. The summed E-state index contributed by atoms with van der Waals surface area (Å²) in [6.07, 6.45) is 0. The Bertz CT molecular complexity index is 696. The molecule has 0 bridgehead atoms. The average molecular weight is 316 g/mol. The first-order chi connectivity index (χ1) is 11.0. The number of nitrogens with zero attached hydrogens (tertiary/aromatic N) is 2. The quantitative estimate of drug-likeness (QED) is 0.817. The standard InChI is InChI=1S/C16H17FN4O2/c1-10-9-14(21-11(2)20-10)16(23)19-8-7-18-15(22)12-3-5-13(17)6-4-12/h3-6,9H,7-8H2,1-2H3,(H,18,22)(H,19,23). The Labute approximate surface area is 133 Å². The third-order valence-electron chi connectivity index (χ3n) is 3.00. The lowest BCUT2D eigenvalue weighted by molar-refractivity contribution is 0.0925. The van der Waals surface area contributed by atoms with Gasteiger partial charge in [0.15, 0.2) is 0 Å². The Morgan fingerprint density at radius 3 is 2.22 bits per heavy atom. The lowest BCUT2D eigenvalue weighted by atomic mass is 10.2. The highest BCUT2D eigenvalue weighted by molar-refractivity contribution is 5.94. The first kappa shape index (κ1) is 16.5. The van der Waals surface area contributed by atoms with Crippen molar-refractivity contribution in [2.75, 3.05) is 13.1 Å². The smallest absolute Gasteiger partial charge is 0.270 e. The van der Waals surface area contributed by atoms with Gasteiger partial charge >= 0.3 is 0 Å². The third-order valence-corrected chi connectivity index (χ3v) is 3.00. The summed E-state index contributed by atoms with van der Waals surface area (Å²) in [5.74, 6) is -0.522. The van der Waals surface area contributed by atoms with Gasteiger partial charge in [0.05, 0.1) is 0 Å². The van der Waals surface area contributed by atoms with E-state index in [9.17, 15) is 14.0 Å². The van der Waals surface area contributed by atoms with Crippen LogP contribution >= 0.6 is 0 Å². The van der Waals surface area contributed by atoms with Crippen molar-refractivity contribution < 1.29 is 14.0 Å². The van der Waals surface area contributed by atoms with Crippen molar-refractivity contribution in [3.05, 3.63) is 58.9 Å². The molecule has 2 rings (SSSR count). The average Bonchev–Trinajstić information content (AvgIpc) is 2.50. The predicted octanol–water partition coefficient (Wildman–Crippen LogP) is 1.39. The van der Waals surface area contributed by atoms with Crippen molar-refractivity contribution >= 4 is 11.8 Å². The molecule has 0 saturated carbocycles. The van der Waals surface area contributed by atoms with Crippen molar-refractivity contribution in [3.8, 4) is 0 Å². The van der Waals surface area contributed by atoms with Crippen LogP contribution in [0, 0.1) is 19.7 Å². The number of aromatic nitrogens is 2. The van der Waals surface area contributed by atoms with Gasteiger partial charge in [-0.15, -0.1) is 0 Å². The number of benzene rings is 1. The molecule has 23 heavy (non-hydrogen) atoms. The van der Waals surface area contributed by atoms with Gasteiger partial charge in [-0.25, -0.2) is 14.4 Å². The van der Waals surface area contributed by atoms with Crippen LogP contribution in [0.25, 0.3) is 0 Å². The summed E-state index contributed by atoms with van der Waals surface area (Å²) in [6, 6.07) is 6.83. The number of amides is 2. The van der Waals surface area contributed by atoms with E-state index in [0.717, 1.165) is 0 Å². The van der Waals surface area contributed by atoms with Crippen molar-refractivity contribution in [1.82, 2.24) is 20.6 Å². The van der Waals surface area contributed by atoms with Crippen LogP contribution in [0.15, 0.2) is 30.3 Å². The summed E-state index contributed by atoms with van der Waals surface area (Å²) >= 11 is 0. The summed E-state index contributed by atoms with van der Waals surface area (Å²) in [5, 5.41) is 5.30. The van der Waals surface area contributed by atoms with Gasteiger partial charge in [-0.2, -0.15) is 0 Å². The molecule has 0 spiro atoms. The second kappa shape index (κ2) is 7.44. The fourth-order valence-corrected chi connectivity index (χ4v) is 1.98. The molecule has 0 fully saturated rings. The Morgan fingerprint density at radius 1 is 1.00 bits per heavy atom. The van der Waals surface area contributed by atoms with Crippen molar-refractivity contribution in [2.45, 2.75) is 13.8 Å². The molecule has 0 aliphatic rings. The van der Waals surface area contributed by atoms with Gasteiger partial charge in [0.2, 0.25) is 0 Å². The summed E-state index contributed by atoms with van der Waals surface area (Å²) in [5.41, 5.74) is 1.37. The molecule has 0 atom stereocenters. The zero-order chi connectivity index (χ0) is 16.8. The van der Waals surface area contributed by atoms with Crippen LogP contribution in [0.2, 0.25) is 0 Å². The maximum absolute atomic E-state index is 12.8. The molecular formula is C16H17FN4O2. The van der Waals surface area contributed by atoms with Crippen LogP contribution in [0.4, 0.5) is 4.39 Å². The minimum absolute atomic E-state index is 0.255. The van der Waals surface area contributed by atoms with Crippen molar-refractivity contribution in [1.29, 1.82) is 0 Å². The van der Waals surface area contributed by atoms with E-state index in [1.54, 1.807) is 19.9 Å². The number of hydrogen-bond donors (Lipinski definition) is 2. The number of rotatable bonds is 5. The number of halogens is 1. The number of carbonyl (C=O) groups is 2. The highest BCUT2D eigenvalue weighted by atomic mass is 19.1. The molecule has 0 aliphatic heterocycles. The minimum Gasteiger partial charge on any atom is -0.350 e. The number of nitrogens with one attached hydrogen (secondary N) is 2. The molecule has 6 nitrogen and oxygen atoms in total. The molecule has 120 valence electrons. The number of carbonyl (C=O) groups excluding carboxylic acids is 2. The van der Waals surface area contributed by atoms with Crippen LogP contribution in [0.5, 0.6) is 0 Å². The Balaban J connectivity index is 1.79. The first-order valence-electron chi connectivity index (χ1n) is 7.10. The normalized spacial score (nSPS) is 10.2. The van der Waals surface area contributed by atoms with Crippen LogP contribution in [-0.2, 0) is 0 Å². The van der Waals surface area contributed by atoms with Gasteiger partial charge in [-0.05, 0) is 44.2 Å². The third kappa shape index (κ3) is 4.84. The molecule has 1 heterocycles. The lowest BCUT2D eigenvalue weighted by Gasteiger charge is -2.07. The van der Waals surface area contributed by atoms with E-state index in [4.69, 9.17) is 0 Å². The van der Waals surface area contributed by atoms with E-state index in [2.05, 4.69) is 20.6 Å². The first-order valence-corrected chi connectivity index (χ1v) is 7.10. The summed E-state index contributed by atoms with van der Waals surface area (Å²) in [7, 11) is 0. The molecule has 0 aliphatic carbocycles. The summed E-state index contributed by atoms with van der Waals surface area (Å²) in [4.78, 5) is 31.9. The molecular weight excluding hydrogens is 299 g/mol. The maximum atomic E-state index is 12.8. The van der Waals surface area contributed by atoms with E-state index in [-0.39, 0.29) is 24.9 Å². The van der Waals surface area contributed by atoms with Gasteiger partial charge in [0.1, 0.15) is 17.3 Å². The monoisotopic (exact) mass is 316 g/mol. The van der Waals surface area contributed by atoms with Crippen molar-refractivity contribution in [3.63, 3.8) is 0 Å². The van der Waals surface area contributed by atoms with E-state index >= 15 is 0 Å². The largest absolute Gasteiger partial charge is 0.350 e. The van der Waals surface area contributed by atoms with E-state index in [1.165, 1.54) is 24.3 Å². The highest BCUT2D eigenvalue weighted by Crippen LogP contribution is 2.02. The number of aryl methyl sites for hydroxylation is 2. The molecule has 0 saturated heterocycles. The topological polar surface area (TPSA) is 84.0 Å². The Morgan fingerprint density at radius 2 is 1.61 bits per heavy atom. The molecule has 7 heteroatoms. The van der Waals surface area contributed by atoms with Crippen molar-refractivity contribution in [2.24, 2.45) is 0 Å². The van der Waals surface area contributed by atoms with E-state index in [0.29, 0.717) is 22.8 Å². The van der Waals surface area contributed by atoms with Gasteiger partial charge in [-0.1, -0.05) is 0 Å². The predicted molar refractivity (Wildman–Crippen MR) is 82.6 cm³/mol. The second-order valence-electron chi connectivity index (χ2n) is 4.96. The van der Waals surface area contributed by atoms with Crippen LogP contribution in [-0.4, -0.2) is 34.9 Å². The van der Waals surface area contributed by atoms with E-state index in [1.807, 2.05) is 0 Å². The van der Waals surface area contributed by atoms with Gasteiger partial charge in [-0.3, -0.25) is 9.59 Å².